The molecule has 0 spiro atoms. The molecule has 6 heteroatoms. The fraction of sp³-hybridized carbons (Fsp3) is 0.300. The molecule has 2 atom stereocenters. The predicted octanol–water partition coefficient (Wildman–Crippen LogP) is 10.0. The van der Waals surface area contributed by atoms with E-state index in [2.05, 4.69) is 83.0 Å². The van der Waals surface area contributed by atoms with Crippen molar-refractivity contribution in [3.05, 3.63) is 120 Å². The maximum atomic E-state index is 13.0. The van der Waals surface area contributed by atoms with Crippen molar-refractivity contribution in [2.75, 3.05) is 10.6 Å². The number of hydrogen-bond donors (Lipinski definition) is 2. The lowest BCUT2D eigenvalue weighted by atomic mass is 9.82. The fourth-order valence-corrected chi connectivity index (χ4v) is 5.24. The van der Waals surface area contributed by atoms with Gasteiger partial charge in [-0.15, -0.1) is 0 Å². The van der Waals surface area contributed by atoms with E-state index in [1.807, 2.05) is 24.3 Å². The number of anilines is 2. The summed E-state index contributed by atoms with van der Waals surface area (Å²) in [5, 5.41) is 5.80. The molecule has 0 bridgehead atoms. The number of carbonyl (C=O) groups is 2. The molecular formula is C40H44N2O4. The van der Waals surface area contributed by atoms with Crippen LogP contribution in [0.1, 0.15) is 65.5 Å². The zero-order valence-corrected chi connectivity index (χ0v) is 27.6. The van der Waals surface area contributed by atoms with Gasteiger partial charge < -0.3 is 20.1 Å². The molecule has 1 saturated carbocycles. The highest BCUT2D eigenvalue weighted by Gasteiger charge is 2.52. The second-order valence-electron chi connectivity index (χ2n) is 13.3. The number of benzene rings is 4. The van der Waals surface area contributed by atoms with E-state index in [-0.39, 0.29) is 22.6 Å². The van der Waals surface area contributed by atoms with Gasteiger partial charge in [-0.2, -0.15) is 0 Å². The van der Waals surface area contributed by atoms with Crippen LogP contribution in [0.3, 0.4) is 0 Å². The van der Waals surface area contributed by atoms with Crippen LogP contribution in [0.15, 0.2) is 109 Å². The first-order valence-electron chi connectivity index (χ1n) is 16.0. The van der Waals surface area contributed by atoms with Crippen LogP contribution in [0, 0.1) is 11.8 Å². The molecular weight excluding hydrogens is 572 g/mol. The fourth-order valence-electron chi connectivity index (χ4n) is 5.24. The van der Waals surface area contributed by atoms with Gasteiger partial charge in [0.1, 0.15) is 23.0 Å². The van der Waals surface area contributed by atoms with Gasteiger partial charge in [-0.3, -0.25) is 9.59 Å². The third-order valence-corrected chi connectivity index (χ3v) is 9.34. The summed E-state index contributed by atoms with van der Waals surface area (Å²) >= 11 is 0. The van der Waals surface area contributed by atoms with Gasteiger partial charge in [-0.05, 0) is 108 Å². The molecule has 2 amide bonds. The first kappa shape index (κ1) is 32.6. The van der Waals surface area contributed by atoms with Crippen molar-refractivity contribution < 1.29 is 19.1 Å². The van der Waals surface area contributed by atoms with Crippen LogP contribution in [-0.2, 0) is 20.4 Å². The van der Waals surface area contributed by atoms with Gasteiger partial charge in [0.15, 0.2) is 0 Å². The van der Waals surface area contributed by atoms with E-state index >= 15 is 0 Å². The largest absolute Gasteiger partial charge is 0.457 e. The molecule has 1 aliphatic carbocycles. The molecule has 6 nitrogen and oxygen atoms in total. The SMILES string of the molecule is C=C1[C@@H](C(=O)Nc2ccc(Oc3ccc(C(C)(C)CC)cc3)cc2)[C@@H]1C(=O)Nc1ccc(Oc2ccc(C(C)(C)CC)cc2)cc1. The number of ether oxygens (including phenoxy) is 2. The third-order valence-electron chi connectivity index (χ3n) is 9.34. The van der Waals surface area contributed by atoms with Crippen molar-refractivity contribution in [2.24, 2.45) is 11.8 Å². The number of rotatable bonds is 12. The predicted molar refractivity (Wildman–Crippen MR) is 186 cm³/mol. The summed E-state index contributed by atoms with van der Waals surface area (Å²) in [4.78, 5) is 26.0. The van der Waals surface area contributed by atoms with Crippen LogP contribution in [0.25, 0.3) is 0 Å². The second kappa shape index (κ2) is 13.3. The Morgan fingerprint density at radius 2 is 0.848 bits per heavy atom. The molecule has 0 aliphatic heterocycles. The van der Waals surface area contributed by atoms with E-state index in [9.17, 15) is 9.59 Å². The minimum absolute atomic E-state index is 0.117. The standard InChI is InChI=1S/C40H44N2O4/c1-8-39(4,5)27-10-18-31(19-11-27)45-33-22-14-29(15-23-33)41-37(43)35-26(3)36(35)38(44)42-30-16-24-34(25-17-30)46-32-20-12-28(13-21-32)40(6,7)9-2/h10-25,35-36H,3,8-9H2,1-2,4-7H3,(H,41,43)(H,42,44)/t35-,36-/m1/s1. The average Bonchev–Trinajstić information content (AvgIpc) is 3.74. The van der Waals surface area contributed by atoms with E-state index in [0.29, 0.717) is 28.4 Å². The van der Waals surface area contributed by atoms with Crippen molar-refractivity contribution in [2.45, 2.75) is 65.2 Å². The number of amides is 2. The molecule has 46 heavy (non-hydrogen) atoms. The van der Waals surface area contributed by atoms with Crippen LogP contribution in [0.2, 0.25) is 0 Å². The van der Waals surface area contributed by atoms with E-state index in [1.54, 1.807) is 48.5 Å². The molecule has 4 aromatic rings. The number of carbonyl (C=O) groups excluding carboxylic acids is 2. The van der Waals surface area contributed by atoms with Crippen LogP contribution in [0.4, 0.5) is 11.4 Å². The summed E-state index contributed by atoms with van der Waals surface area (Å²) in [6, 6.07) is 30.7. The summed E-state index contributed by atoms with van der Waals surface area (Å²) in [5.41, 5.74) is 4.61. The molecule has 0 saturated heterocycles. The molecule has 0 heterocycles. The van der Waals surface area contributed by atoms with E-state index in [1.165, 1.54) is 11.1 Å². The molecule has 5 rings (SSSR count). The minimum Gasteiger partial charge on any atom is -0.457 e. The molecule has 4 aromatic carbocycles. The topological polar surface area (TPSA) is 76.7 Å². The zero-order chi connectivity index (χ0) is 33.1. The van der Waals surface area contributed by atoms with E-state index in [0.717, 1.165) is 24.3 Å². The van der Waals surface area contributed by atoms with Crippen molar-refractivity contribution >= 4 is 23.2 Å². The van der Waals surface area contributed by atoms with Gasteiger partial charge in [0.2, 0.25) is 11.8 Å². The van der Waals surface area contributed by atoms with Gasteiger partial charge in [-0.1, -0.05) is 78.0 Å². The average molecular weight is 617 g/mol. The van der Waals surface area contributed by atoms with Crippen molar-refractivity contribution in [1.29, 1.82) is 0 Å². The summed E-state index contributed by atoms with van der Waals surface area (Å²) in [5.74, 6) is 1.15. The minimum atomic E-state index is -0.579. The first-order chi connectivity index (χ1) is 21.9. The maximum Gasteiger partial charge on any atom is 0.232 e. The Kier molecular flexibility index (Phi) is 9.38. The van der Waals surface area contributed by atoms with Crippen LogP contribution >= 0.6 is 0 Å². The van der Waals surface area contributed by atoms with Crippen LogP contribution in [-0.4, -0.2) is 11.8 Å². The van der Waals surface area contributed by atoms with Crippen LogP contribution in [0.5, 0.6) is 23.0 Å². The van der Waals surface area contributed by atoms with Crippen molar-refractivity contribution in [1.82, 2.24) is 0 Å². The highest BCUT2D eigenvalue weighted by molar-refractivity contribution is 6.08. The van der Waals surface area contributed by atoms with Crippen molar-refractivity contribution in [3.8, 4) is 23.0 Å². The number of nitrogens with one attached hydrogen (secondary N) is 2. The molecule has 0 radical (unpaired) electrons. The summed E-state index contributed by atoms with van der Waals surface area (Å²) in [6.07, 6.45) is 2.11. The lowest BCUT2D eigenvalue weighted by molar-refractivity contribution is -0.122. The quantitative estimate of drug-likeness (QED) is 0.155. The Balaban J connectivity index is 1.10. The Labute approximate surface area is 272 Å². The van der Waals surface area contributed by atoms with E-state index in [4.69, 9.17) is 9.47 Å². The van der Waals surface area contributed by atoms with Crippen molar-refractivity contribution in [3.63, 3.8) is 0 Å². The highest BCUT2D eigenvalue weighted by atomic mass is 16.5. The molecule has 0 aromatic heterocycles. The monoisotopic (exact) mass is 616 g/mol. The Hall–Kier alpha value is -4.84. The first-order valence-corrected chi connectivity index (χ1v) is 16.0. The maximum absolute atomic E-state index is 13.0. The lowest BCUT2D eigenvalue weighted by Crippen LogP contribution is -2.20. The molecule has 1 aliphatic rings. The zero-order valence-electron chi connectivity index (χ0n) is 27.6. The van der Waals surface area contributed by atoms with Gasteiger partial charge in [0.25, 0.3) is 0 Å². The van der Waals surface area contributed by atoms with Gasteiger partial charge in [-0.25, -0.2) is 0 Å². The van der Waals surface area contributed by atoms with Gasteiger partial charge in [0, 0.05) is 11.4 Å². The Bertz CT molecular complexity index is 1560. The normalized spacial score (nSPS) is 16.0. The Morgan fingerprint density at radius 3 is 1.13 bits per heavy atom. The number of hydrogen-bond acceptors (Lipinski definition) is 4. The summed E-state index contributed by atoms with van der Waals surface area (Å²) in [6.45, 7) is 17.2. The smallest absolute Gasteiger partial charge is 0.232 e. The summed E-state index contributed by atoms with van der Waals surface area (Å²) < 4.78 is 12.0. The highest BCUT2D eigenvalue weighted by Crippen LogP contribution is 2.46. The molecule has 238 valence electrons. The van der Waals surface area contributed by atoms with Gasteiger partial charge in [0.05, 0.1) is 11.8 Å². The second-order valence-corrected chi connectivity index (χ2v) is 13.3. The molecule has 0 unspecified atom stereocenters. The Morgan fingerprint density at radius 1 is 0.565 bits per heavy atom. The summed E-state index contributed by atoms with van der Waals surface area (Å²) in [7, 11) is 0. The third kappa shape index (κ3) is 7.51. The van der Waals surface area contributed by atoms with Gasteiger partial charge >= 0.3 is 0 Å². The van der Waals surface area contributed by atoms with E-state index < -0.39 is 11.8 Å². The molecule has 2 N–H and O–H groups in total. The lowest BCUT2D eigenvalue weighted by Gasteiger charge is -2.23. The van der Waals surface area contributed by atoms with Crippen LogP contribution < -0.4 is 20.1 Å². The molecule has 1 fully saturated rings.